The molecule has 0 spiro atoms. The monoisotopic (exact) mass is 539 g/mol. The summed E-state index contributed by atoms with van der Waals surface area (Å²) in [5, 5.41) is 21.2. The van der Waals surface area contributed by atoms with Crippen LogP contribution in [-0.4, -0.2) is 84.5 Å². The molecule has 210 valence electrons. The summed E-state index contributed by atoms with van der Waals surface area (Å²) in [6, 6.07) is 1.69. The number of aliphatic carboxylic acids is 1. The van der Waals surface area contributed by atoms with E-state index in [0.717, 1.165) is 5.70 Å². The van der Waals surface area contributed by atoms with Crippen molar-refractivity contribution in [2.45, 2.75) is 44.8 Å². The van der Waals surface area contributed by atoms with Crippen LogP contribution >= 0.6 is 0 Å². The summed E-state index contributed by atoms with van der Waals surface area (Å²) in [6.45, 7) is 4.03. The third-order valence-corrected chi connectivity index (χ3v) is 7.71. The van der Waals surface area contributed by atoms with Gasteiger partial charge in [0.05, 0.1) is 36.5 Å². The molecule has 0 aromatic heterocycles. The first-order chi connectivity index (χ1) is 18.2. The molecule has 5 atom stereocenters. The Morgan fingerprint density at radius 2 is 2.08 bits per heavy atom. The second-order valence-electron chi connectivity index (χ2n) is 10.3. The van der Waals surface area contributed by atoms with Crippen LogP contribution in [0.5, 0.6) is 0 Å². The lowest BCUT2D eigenvalue weighted by molar-refractivity contribution is -0.165. The normalized spacial score (nSPS) is 31.9. The van der Waals surface area contributed by atoms with Crippen LogP contribution < -0.4 is 5.43 Å². The van der Waals surface area contributed by atoms with Crippen LogP contribution in [0.25, 0.3) is 0 Å². The fourth-order valence-electron chi connectivity index (χ4n) is 5.57. The molecule has 38 heavy (non-hydrogen) atoms. The lowest BCUT2D eigenvalue weighted by Crippen LogP contribution is -2.50. The van der Waals surface area contributed by atoms with Gasteiger partial charge in [-0.2, -0.15) is 18.4 Å². The van der Waals surface area contributed by atoms with E-state index in [1.165, 1.54) is 6.08 Å². The Hall–Kier alpha value is -2.59. The summed E-state index contributed by atoms with van der Waals surface area (Å²) in [5.74, 6) is -3.82. The van der Waals surface area contributed by atoms with Gasteiger partial charge in [0, 0.05) is 30.4 Å². The van der Waals surface area contributed by atoms with E-state index < -0.39 is 30.0 Å². The van der Waals surface area contributed by atoms with Gasteiger partial charge >= 0.3 is 12.1 Å². The Labute approximate surface area is 221 Å². The number of carboxylic acid groups (broad SMARTS) is 1. The fraction of sp³-hybridized carbons (Fsp3) is 0.692. The molecule has 2 N–H and O–H groups in total. The molecule has 2 fully saturated rings. The molecule has 5 unspecified atom stereocenters. The molecule has 12 heteroatoms. The van der Waals surface area contributed by atoms with Gasteiger partial charge in [0.15, 0.2) is 0 Å². The topological polar surface area (TPSA) is 101 Å². The van der Waals surface area contributed by atoms with Crippen LogP contribution in [0.3, 0.4) is 0 Å². The van der Waals surface area contributed by atoms with Gasteiger partial charge in [-0.3, -0.25) is 9.69 Å². The molecule has 4 rings (SSSR count). The third kappa shape index (κ3) is 6.69. The number of nitrogens with one attached hydrogen (secondary N) is 1. The molecule has 4 aliphatic rings. The summed E-state index contributed by atoms with van der Waals surface area (Å²) < 4.78 is 52.7. The van der Waals surface area contributed by atoms with Crippen molar-refractivity contribution in [3.05, 3.63) is 35.7 Å². The number of hydrogen-bond acceptors (Lipinski definition) is 8. The maximum atomic E-state index is 13.6. The van der Waals surface area contributed by atoms with Gasteiger partial charge in [0.2, 0.25) is 0 Å². The van der Waals surface area contributed by atoms with E-state index in [9.17, 15) is 28.3 Å². The van der Waals surface area contributed by atoms with Gasteiger partial charge in [-0.1, -0.05) is 25.2 Å². The molecule has 0 amide bonds. The zero-order valence-corrected chi connectivity index (χ0v) is 21.6. The predicted octanol–water partition coefficient (Wildman–Crippen LogP) is 3.27. The second kappa shape index (κ2) is 12.5. The van der Waals surface area contributed by atoms with Gasteiger partial charge in [-0.25, -0.2) is 5.43 Å². The van der Waals surface area contributed by atoms with Crippen molar-refractivity contribution >= 4 is 5.97 Å². The Morgan fingerprint density at radius 1 is 1.29 bits per heavy atom. The number of rotatable bonds is 5. The highest BCUT2D eigenvalue weighted by Gasteiger charge is 2.46. The molecule has 2 aliphatic heterocycles. The average Bonchev–Trinajstić information content (AvgIpc) is 3.36. The van der Waals surface area contributed by atoms with Crippen molar-refractivity contribution in [2.24, 2.45) is 23.7 Å². The molecule has 2 saturated heterocycles. The first-order valence-corrected chi connectivity index (χ1v) is 13.1. The van der Waals surface area contributed by atoms with Crippen molar-refractivity contribution in [2.75, 3.05) is 46.4 Å². The second-order valence-corrected chi connectivity index (χ2v) is 10.3. The van der Waals surface area contributed by atoms with E-state index >= 15 is 0 Å². The minimum Gasteiger partial charge on any atom is -0.481 e. The predicted molar refractivity (Wildman–Crippen MR) is 131 cm³/mol. The maximum absolute atomic E-state index is 13.6. The van der Waals surface area contributed by atoms with Gasteiger partial charge in [0.1, 0.15) is 20.2 Å². The third-order valence-electron chi connectivity index (χ3n) is 7.71. The van der Waals surface area contributed by atoms with Crippen LogP contribution in [0.15, 0.2) is 35.7 Å². The molecular weight excluding hydrogens is 503 g/mol. The van der Waals surface area contributed by atoms with Crippen molar-refractivity contribution in [3.63, 3.8) is 0 Å². The highest BCUT2D eigenvalue weighted by atomic mass is 19.4. The average molecular weight is 540 g/mol. The van der Waals surface area contributed by atoms with Gasteiger partial charge < -0.3 is 24.5 Å². The van der Waals surface area contributed by atoms with E-state index in [4.69, 9.17) is 9.47 Å². The number of hydrogen-bond donors (Lipinski definition) is 2. The zero-order chi connectivity index (χ0) is 27.3. The summed E-state index contributed by atoms with van der Waals surface area (Å²) in [5.41, 5.74) is 4.56. The van der Waals surface area contributed by atoms with E-state index in [1.54, 1.807) is 6.08 Å². The summed E-state index contributed by atoms with van der Waals surface area (Å²) in [7, 11) is 0. The van der Waals surface area contributed by atoms with Crippen molar-refractivity contribution in [1.82, 2.24) is 20.2 Å². The molecule has 2 aliphatic carbocycles. The molecule has 0 saturated carbocycles. The first-order valence-electron chi connectivity index (χ1n) is 13.1. The smallest absolute Gasteiger partial charge is 0.395 e. The zero-order valence-electron chi connectivity index (χ0n) is 21.6. The Kier molecular flexibility index (Phi) is 9.36. The van der Waals surface area contributed by atoms with Crippen LogP contribution in [0.4, 0.5) is 13.2 Å². The van der Waals surface area contributed by atoms with Crippen LogP contribution in [0.2, 0.25) is 0 Å². The number of hydrazine groups is 1. The van der Waals surface area contributed by atoms with Gasteiger partial charge in [-0.05, 0) is 38.3 Å². The van der Waals surface area contributed by atoms with Crippen molar-refractivity contribution in [3.8, 4) is 6.07 Å². The van der Waals surface area contributed by atoms with Crippen LogP contribution in [-0.2, 0) is 14.3 Å². The SMILES string of the molecule is CCN1COCC(C2C(C(=O)O)CNN2C2=CCC(C#N)C=C2)CN(C2=CC(C(F)(F)F)CCC2)COC1. The first kappa shape index (κ1) is 28.4. The number of carboxylic acids is 1. The summed E-state index contributed by atoms with van der Waals surface area (Å²) >= 11 is 0. The molecule has 0 bridgehead atoms. The molecule has 9 nitrogen and oxygen atoms in total. The highest BCUT2D eigenvalue weighted by Crippen LogP contribution is 2.38. The van der Waals surface area contributed by atoms with E-state index in [2.05, 4.69) is 11.5 Å². The Morgan fingerprint density at radius 3 is 2.74 bits per heavy atom. The van der Waals surface area contributed by atoms with Gasteiger partial charge in [0.25, 0.3) is 0 Å². The minimum absolute atomic E-state index is 0.0590. The molecule has 0 aromatic rings. The summed E-state index contributed by atoms with van der Waals surface area (Å²) in [6.07, 6.45) is 4.02. The molecule has 2 heterocycles. The van der Waals surface area contributed by atoms with Crippen molar-refractivity contribution < 1.29 is 32.5 Å². The van der Waals surface area contributed by atoms with Crippen molar-refractivity contribution in [1.29, 1.82) is 5.26 Å². The number of carbonyl (C=O) groups is 1. The lowest BCUT2D eigenvalue weighted by Gasteiger charge is -2.41. The van der Waals surface area contributed by atoms with E-state index in [0.29, 0.717) is 38.2 Å². The minimum atomic E-state index is -4.31. The highest BCUT2D eigenvalue weighted by molar-refractivity contribution is 5.72. The molecular formula is C26H36F3N5O4. The Balaban J connectivity index is 1.65. The number of alkyl halides is 3. The maximum Gasteiger partial charge on any atom is 0.395 e. The Bertz CT molecular complexity index is 979. The lowest BCUT2D eigenvalue weighted by atomic mass is 9.87. The van der Waals surface area contributed by atoms with Crippen LogP contribution in [0.1, 0.15) is 32.6 Å². The summed E-state index contributed by atoms with van der Waals surface area (Å²) in [4.78, 5) is 16.1. The quantitative estimate of drug-likeness (QED) is 0.545. The fourth-order valence-corrected chi connectivity index (χ4v) is 5.57. The number of nitriles is 1. The number of nitrogens with zero attached hydrogens (tertiary/aromatic N) is 4. The number of ether oxygens (including phenoxy) is 2. The largest absolute Gasteiger partial charge is 0.481 e. The van der Waals surface area contributed by atoms with Crippen LogP contribution in [0, 0.1) is 35.0 Å². The number of allylic oxidation sites excluding steroid dienone is 5. The standard InChI is InChI=1S/C26H36F3N5O4/c1-2-32-15-37-14-19(13-33(17-38-16-32)22-5-3-4-20(10-22)26(27,28)29)24-23(25(35)36)12-31-34(24)21-8-6-18(11-30)7-9-21/h6,8-10,18-20,23-24,31H,2-5,7,12-17H2,1H3,(H,35,36). The number of halogens is 3. The van der Waals surface area contributed by atoms with Gasteiger partial charge in [-0.15, -0.1) is 0 Å². The van der Waals surface area contributed by atoms with E-state index in [-0.39, 0.29) is 51.4 Å². The van der Waals surface area contributed by atoms with E-state index in [1.807, 2.05) is 33.9 Å². The molecule has 0 radical (unpaired) electrons. The molecule has 0 aromatic carbocycles.